The third-order valence-electron chi connectivity index (χ3n) is 4.32. The molecule has 10 nitrogen and oxygen atoms in total. The molecule has 0 radical (unpaired) electrons. The number of hydrogen-bond donors (Lipinski definition) is 1. The molecule has 0 aliphatic heterocycles. The maximum absolute atomic E-state index is 12.2. The van der Waals surface area contributed by atoms with E-state index in [1.54, 1.807) is 38.5 Å². The number of thiazole rings is 1. The molecule has 3 heterocycles. The summed E-state index contributed by atoms with van der Waals surface area (Å²) in [5.41, 5.74) is 1.18. The van der Waals surface area contributed by atoms with E-state index >= 15 is 0 Å². The topological polar surface area (TPSA) is 132 Å². The highest BCUT2D eigenvalue weighted by Gasteiger charge is 2.13. The van der Waals surface area contributed by atoms with Crippen LogP contribution in [0.2, 0.25) is 0 Å². The van der Waals surface area contributed by atoms with Crippen molar-refractivity contribution in [2.24, 2.45) is 0 Å². The van der Waals surface area contributed by atoms with Gasteiger partial charge in [-0.3, -0.25) is 9.78 Å². The van der Waals surface area contributed by atoms with Gasteiger partial charge in [-0.15, -0.1) is 0 Å². The van der Waals surface area contributed by atoms with Gasteiger partial charge in [-0.1, -0.05) is 11.3 Å². The molecular formula is C21H16N6O4S. The number of carbonyl (C=O) groups is 1. The van der Waals surface area contributed by atoms with Gasteiger partial charge in [0.15, 0.2) is 16.6 Å². The summed E-state index contributed by atoms with van der Waals surface area (Å²) in [6.45, 7) is 0. The highest BCUT2D eigenvalue weighted by Crippen LogP contribution is 2.35. The van der Waals surface area contributed by atoms with Gasteiger partial charge in [0.1, 0.15) is 23.0 Å². The first-order valence-electron chi connectivity index (χ1n) is 9.25. The average molecular weight is 448 g/mol. The molecule has 0 spiro atoms. The number of hydrogen-bond acceptors (Lipinski definition) is 10. The lowest BCUT2D eigenvalue weighted by Gasteiger charge is -2.11. The Bertz CT molecular complexity index is 1320. The van der Waals surface area contributed by atoms with E-state index in [2.05, 4.69) is 25.3 Å². The molecule has 11 heteroatoms. The van der Waals surface area contributed by atoms with Crippen molar-refractivity contribution in [1.29, 1.82) is 5.26 Å². The van der Waals surface area contributed by atoms with E-state index in [9.17, 15) is 4.79 Å². The van der Waals surface area contributed by atoms with Crippen LogP contribution >= 0.6 is 11.3 Å². The summed E-state index contributed by atoms with van der Waals surface area (Å²) in [5.74, 6) is 1.58. The number of pyridine rings is 1. The van der Waals surface area contributed by atoms with Crippen molar-refractivity contribution >= 4 is 33.3 Å². The van der Waals surface area contributed by atoms with E-state index in [1.165, 1.54) is 18.7 Å². The van der Waals surface area contributed by atoms with Crippen LogP contribution in [0.5, 0.6) is 23.1 Å². The monoisotopic (exact) mass is 448 g/mol. The third kappa shape index (κ3) is 4.55. The van der Waals surface area contributed by atoms with E-state index in [0.29, 0.717) is 49.7 Å². The fourth-order valence-electron chi connectivity index (χ4n) is 2.84. The van der Waals surface area contributed by atoms with Gasteiger partial charge in [0.25, 0.3) is 0 Å². The van der Waals surface area contributed by atoms with E-state index in [1.807, 2.05) is 6.07 Å². The Kier molecular flexibility index (Phi) is 6.05. The molecule has 0 fully saturated rings. The van der Waals surface area contributed by atoms with Crippen molar-refractivity contribution in [2.45, 2.75) is 6.42 Å². The number of nitrogens with zero attached hydrogens (tertiary/aromatic N) is 5. The lowest BCUT2D eigenvalue weighted by Crippen LogP contribution is -2.14. The van der Waals surface area contributed by atoms with Gasteiger partial charge >= 0.3 is 0 Å². The van der Waals surface area contributed by atoms with Gasteiger partial charge in [0, 0.05) is 11.8 Å². The standard InChI is InChI=1S/C21H16N6O4S/c1-29-17-6-15-16(7-18(17)30-2)25-11-26-20(15)31-13-4-3-12(23-9-13)5-19(28)27-21-24-10-14(8-22)32-21/h3-4,6-7,9-11H,5H2,1-2H3,(H,24,27,28). The van der Waals surface area contributed by atoms with Gasteiger partial charge < -0.3 is 19.5 Å². The Morgan fingerprint density at radius 1 is 1.09 bits per heavy atom. The summed E-state index contributed by atoms with van der Waals surface area (Å²) < 4.78 is 16.5. The Morgan fingerprint density at radius 3 is 2.59 bits per heavy atom. The minimum absolute atomic E-state index is 0.0508. The van der Waals surface area contributed by atoms with Gasteiger partial charge in [-0.05, 0) is 18.2 Å². The summed E-state index contributed by atoms with van der Waals surface area (Å²) >= 11 is 1.11. The molecule has 4 rings (SSSR count). The Labute approximate surface area is 186 Å². The molecule has 32 heavy (non-hydrogen) atoms. The smallest absolute Gasteiger partial charge is 0.232 e. The van der Waals surface area contributed by atoms with Gasteiger partial charge in [0.05, 0.1) is 43.9 Å². The van der Waals surface area contributed by atoms with Crippen LogP contribution in [0, 0.1) is 11.3 Å². The van der Waals surface area contributed by atoms with Crippen LogP contribution in [0.15, 0.2) is 43.0 Å². The van der Waals surface area contributed by atoms with Crippen LogP contribution in [-0.4, -0.2) is 40.1 Å². The molecule has 0 aliphatic rings. The van der Waals surface area contributed by atoms with E-state index in [4.69, 9.17) is 19.5 Å². The molecule has 0 saturated heterocycles. The molecule has 1 N–H and O–H groups in total. The first kappa shape index (κ1) is 21.0. The van der Waals surface area contributed by atoms with Crippen LogP contribution in [-0.2, 0) is 11.2 Å². The number of nitriles is 1. The summed E-state index contributed by atoms with van der Waals surface area (Å²) in [5, 5.41) is 12.5. The number of carbonyl (C=O) groups excluding carboxylic acids is 1. The summed E-state index contributed by atoms with van der Waals surface area (Å²) in [6, 6.07) is 8.84. The minimum Gasteiger partial charge on any atom is -0.493 e. The minimum atomic E-state index is -0.284. The predicted octanol–water partition coefficient (Wildman–Crippen LogP) is 3.34. The number of rotatable bonds is 7. The number of ether oxygens (including phenoxy) is 3. The molecule has 0 atom stereocenters. The molecule has 4 aromatic rings. The summed E-state index contributed by atoms with van der Waals surface area (Å²) in [4.78, 5) is 29.3. The molecule has 1 amide bonds. The maximum Gasteiger partial charge on any atom is 0.232 e. The van der Waals surface area contributed by atoms with Crippen molar-refractivity contribution in [3.63, 3.8) is 0 Å². The zero-order chi connectivity index (χ0) is 22.5. The Morgan fingerprint density at radius 2 is 1.91 bits per heavy atom. The molecule has 1 aromatic carbocycles. The number of aromatic nitrogens is 4. The maximum atomic E-state index is 12.2. The fourth-order valence-corrected chi connectivity index (χ4v) is 3.47. The molecule has 0 bridgehead atoms. The largest absolute Gasteiger partial charge is 0.493 e. The molecular weight excluding hydrogens is 432 g/mol. The average Bonchev–Trinajstić information content (AvgIpc) is 3.27. The van der Waals surface area contributed by atoms with Crippen LogP contribution < -0.4 is 19.5 Å². The molecule has 3 aromatic heterocycles. The fraction of sp³-hybridized carbons (Fsp3) is 0.143. The molecule has 0 unspecified atom stereocenters. The zero-order valence-electron chi connectivity index (χ0n) is 17.0. The zero-order valence-corrected chi connectivity index (χ0v) is 17.8. The van der Waals surface area contributed by atoms with Gasteiger partial charge in [-0.25, -0.2) is 15.0 Å². The van der Waals surface area contributed by atoms with E-state index in [-0.39, 0.29) is 12.3 Å². The van der Waals surface area contributed by atoms with Crippen LogP contribution in [0.4, 0.5) is 5.13 Å². The summed E-state index contributed by atoms with van der Waals surface area (Å²) in [7, 11) is 3.10. The van der Waals surface area contributed by atoms with Crippen molar-refractivity contribution in [1.82, 2.24) is 19.9 Å². The molecule has 160 valence electrons. The molecule has 0 aliphatic carbocycles. The Balaban J connectivity index is 1.47. The van der Waals surface area contributed by atoms with E-state index < -0.39 is 0 Å². The lowest BCUT2D eigenvalue weighted by atomic mass is 10.2. The van der Waals surface area contributed by atoms with Crippen molar-refractivity contribution in [3.05, 3.63) is 53.6 Å². The van der Waals surface area contributed by atoms with Crippen LogP contribution in [0.1, 0.15) is 10.6 Å². The number of amides is 1. The number of methoxy groups -OCH3 is 2. The lowest BCUT2D eigenvalue weighted by molar-refractivity contribution is -0.115. The van der Waals surface area contributed by atoms with Gasteiger partial charge in [0.2, 0.25) is 11.8 Å². The second-order valence-corrected chi connectivity index (χ2v) is 7.39. The number of nitrogens with one attached hydrogen (secondary N) is 1. The second kappa shape index (κ2) is 9.23. The normalized spacial score (nSPS) is 10.4. The second-order valence-electron chi connectivity index (χ2n) is 6.36. The number of anilines is 1. The third-order valence-corrected chi connectivity index (χ3v) is 5.14. The molecule has 0 saturated carbocycles. The SMILES string of the molecule is COc1cc2ncnc(Oc3ccc(CC(=O)Nc4ncc(C#N)s4)nc3)c2cc1OC. The van der Waals surface area contributed by atoms with Crippen molar-refractivity contribution in [2.75, 3.05) is 19.5 Å². The van der Waals surface area contributed by atoms with Crippen LogP contribution in [0.3, 0.4) is 0 Å². The highest BCUT2D eigenvalue weighted by atomic mass is 32.1. The van der Waals surface area contributed by atoms with Crippen LogP contribution in [0.25, 0.3) is 10.9 Å². The predicted molar refractivity (Wildman–Crippen MR) is 116 cm³/mol. The van der Waals surface area contributed by atoms with Crippen molar-refractivity contribution in [3.8, 4) is 29.2 Å². The number of benzene rings is 1. The summed E-state index contributed by atoms with van der Waals surface area (Å²) in [6.07, 6.45) is 4.36. The first-order chi connectivity index (χ1) is 15.6. The quantitative estimate of drug-likeness (QED) is 0.452. The van der Waals surface area contributed by atoms with Gasteiger partial charge in [-0.2, -0.15) is 5.26 Å². The number of fused-ring (bicyclic) bond motifs is 1. The van der Waals surface area contributed by atoms with E-state index in [0.717, 1.165) is 11.3 Å². The van der Waals surface area contributed by atoms with Crippen molar-refractivity contribution < 1.29 is 19.0 Å². The highest BCUT2D eigenvalue weighted by molar-refractivity contribution is 7.16. The first-order valence-corrected chi connectivity index (χ1v) is 10.1. The Hall–Kier alpha value is -4.30.